The summed E-state index contributed by atoms with van der Waals surface area (Å²) in [6.45, 7) is 4.08. The van der Waals surface area contributed by atoms with Gasteiger partial charge in [0.1, 0.15) is 0 Å². The zero-order valence-corrected chi connectivity index (χ0v) is 12.5. The molecule has 0 unspecified atom stereocenters. The Balaban J connectivity index is 2.13. The molecule has 0 saturated carbocycles. The van der Waals surface area contributed by atoms with Crippen LogP contribution in [0.4, 0.5) is 0 Å². The molecule has 0 bridgehead atoms. The van der Waals surface area contributed by atoms with E-state index in [1.54, 1.807) is 0 Å². The van der Waals surface area contributed by atoms with Gasteiger partial charge in [0.25, 0.3) is 0 Å². The molecule has 3 rings (SSSR count). The highest BCUT2D eigenvalue weighted by Gasteiger charge is 2.20. The minimum atomic E-state index is -0.275. The second kappa shape index (κ2) is 5.68. The minimum absolute atomic E-state index is 0.275. The zero-order valence-electron chi connectivity index (χ0n) is 12.5. The van der Waals surface area contributed by atoms with Gasteiger partial charge in [-0.3, -0.25) is 4.98 Å². The third-order valence-corrected chi connectivity index (χ3v) is 3.95. The first-order valence-electron chi connectivity index (χ1n) is 7.46. The van der Waals surface area contributed by atoms with E-state index in [0.717, 1.165) is 36.2 Å². The van der Waals surface area contributed by atoms with Crippen molar-refractivity contribution < 1.29 is 9.53 Å². The van der Waals surface area contributed by atoms with Crippen LogP contribution in [0.2, 0.25) is 0 Å². The standard InChI is InChI=1S/C18H19NO2/c1-3-21-18(20)16-11-14-9-6-8-13-7-4-5-10-15(13)17(14)19-12(16)2/h4-5,7,10-11H,3,6,8-9H2,1-2H3. The summed E-state index contributed by atoms with van der Waals surface area (Å²) in [7, 11) is 0. The number of esters is 1. The van der Waals surface area contributed by atoms with Crippen LogP contribution in [-0.4, -0.2) is 17.6 Å². The van der Waals surface area contributed by atoms with Crippen LogP contribution in [0.15, 0.2) is 30.3 Å². The Bertz CT molecular complexity index is 692. The summed E-state index contributed by atoms with van der Waals surface area (Å²) in [6.07, 6.45) is 3.08. The maximum absolute atomic E-state index is 12.0. The molecule has 0 saturated heterocycles. The molecule has 1 aromatic heterocycles. The molecule has 0 aliphatic heterocycles. The first-order valence-corrected chi connectivity index (χ1v) is 7.46. The Hall–Kier alpha value is -2.16. The van der Waals surface area contributed by atoms with Crippen molar-refractivity contribution in [1.29, 1.82) is 0 Å². The van der Waals surface area contributed by atoms with Crippen LogP contribution in [0.25, 0.3) is 11.3 Å². The number of aryl methyl sites for hydroxylation is 3. The van der Waals surface area contributed by atoms with Crippen LogP contribution < -0.4 is 0 Å². The molecule has 2 aromatic rings. The quantitative estimate of drug-likeness (QED) is 0.787. The summed E-state index contributed by atoms with van der Waals surface area (Å²) in [5, 5.41) is 0. The fraction of sp³-hybridized carbons (Fsp3) is 0.333. The van der Waals surface area contributed by atoms with E-state index in [0.29, 0.717) is 12.2 Å². The SMILES string of the molecule is CCOC(=O)c1cc2c(nc1C)-c1ccccc1CCC2. The summed E-state index contributed by atoms with van der Waals surface area (Å²) >= 11 is 0. The lowest BCUT2D eigenvalue weighted by Gasteiger charge is -2.12. The Labute approximate surface area is 125 Å². The Morgan fingerprint density at radius 1 is 1.24 bits per heavy atom. The smallest absolute Gasteiger partial charge is 0.339 e. The summed E-state index contributed by atoms with van der Waals surface area (Å²) < 4.78 is 5.12. The molecule has 1 aliphatic carbocycles. The maximum atomic E-state index is 12.0. The summed E-state index contributed by atoms with van der Waals surface area (Å²) in [6, 6.07) is 10.4. The monoisotopic (exact) mass is 281 g/mol. The molecular formula is C18H19NO2. The van der Waals surface area contributed by atoms with Gasteiger partial charge in [-0.15, -0.1) is 0 Å². The molecule has 0 atom stereocenters. The summed E-state index contributed by atoms with van der Waals surface area (Å²) in [5.74, 6) is -0.275. The van der Waals surface area contributed by atoms with Crippen LogP contribution >= 0.6 is 0 Å². The van der Waals surface area contributed by atoms with Crippen LogP contribution in [0.3, 0.4) is 0 Å². The van der Waals surface area contributed by atoms with E-state index in [1.807, 2.05) is 26.0 Å². The molecule has 108 valence electrons. The van der Waals surface area contributed by atoms with E-state index in [9.17, 15) is 4.79 Å². The van der Waals surface area contributed by atoms with E-state index < -0.39 is 0 Å². The van der Waals surface area contributed by atoms with Crippen LogP contribution in [0.1, 0.15) is 40.5 Å². The maximum Gasteiger partial charge on any atom is 0.339 e. The minimum Gasteiger partial charge on any atom is -0.462 e. The molecule has 0 N–H and O–H groups in total. The number of fused-ring (bicyclic) bond motifs is 3. The van der Waals surface area contributed by atoms with E-state index in [-0.39, 0.29) is 5.97 Å². The van der Waals surface area contributed by atoms with Gasteiger partial charge in [-0.2, -0.15) is 0 Å². The van der Waals surface area contributed by atoms with Crippen LogP contribution in [0.5, 0.6) is 0 Å². The van der Waals surface area contributed by atoms with Crippen molar-refractivity contribution in [2.75, 3.05) is 6.61 Å². The number of aromatic nitrogens is 1. The molecule has 1 aromatic carbocycles. The average molecular weight is 281 g/mol. The van der Waals surface area contributed by atoms with Crippen molar-refractivity contribution in [2.24, 2.45) is 0 Å². The highest BCUT2D eigenvalue weighted by Crippen LogP contribution is 2.32. The lowest BCUT2D eigenvalue weighted by molar-refractivity contribution is 0.0525. The number of hydrogen-bond acceptors (Lipinski definition) is 3. The molecule has 1 heterocycles. The Morgan fingerprint density at radius 2 is 2.00 bits per heavy atom. The number of pyridine rings is 1. The van der Waals surface area contributed by atoms with Gasteiger partial charge in [-0.25, -0.2) is 4.79 Å². The van der Waals surface area contributed by atoms with Gasteiger partial charge in [0.15, 0.2) is 0 Å². The first-order chi connectivity index (χ1) is 10.2. The third kappa shape index (κ3) is 2.56. The second-order valence-corrected chi connectivity index (χ2v) is 5.36. The highest BCUT2D eigenvalue weighted by molar-refractivity contribution is 5.91. The molecule has 3 nitrogen and oxygen atoms in total. The fourth-order valence-corrected chi connectivity index (χ4v) is 2.92. The predicted molar refractivity (Wildman–Crippen MR) is 82.4 cm³/mol. The molecule has 3 heteroatoms. The summed E-state index contributed by atoms with van der Waals surface area (Å²) in [4.78, 5) is 16.7. The van der Waals surface area contributed by atoms with Crippen molar-refractivity contribution in [1.82, 2.24) is 4.98 Å². The molecule has 0 amide bonds. The lowest BCUT2D eigenvalue weighted by atomic mass is 10.00. The molecule has 21 heavy (non-hydrogen) atoms. The van der Waals surface area contributed by atoms with Crippen LogP contribution in [0, 0.1) is 6.92 Å². The van der Waals surface area contributed by atoms with Gasteiger partial charge in [-0.05, 0) is 50.3 Å². The Morgan fingerprint density at radius 3 is 2.81 bits per heavy atom. The van der Waals surface area contributed by atoms with Gasteiger partial charge in [0.2, 0.25) is 0 Å². The number of carbonyl (C=O) groups is 1. The Kier molecular flexibility index (Phi) is 3.74. The number of hydrogen-bond donors (Lipinski definition) is 0. The van der Waals surface area contributed by atoms with Crippen molar-refractivity contribution in [3.8, 4) is 11.3 Å². The third-order valence-electron chi connectivity index (χ3n) is 3.95. The van der Waals surface area contributed by atoms with E-state index >= 15 is 0 Å². The van der Waals surface area contributed by atoms with Gasteiger partial charge in [0, 0.05) is 5.56 Å². The molecule has 0 radical (unpaired) electrons. The highest BCUT2D eigenvalue weighted by atomic mass is 16.5. The first kappa shape index (κ1) is 13.8. The van der Waals surface area contributed by atoms with Gasteiger partial charge in [-0.1, -0.05) is 24.3 Å². The van der Waals surface area contributed by atoms with E-state index in [1.165, 1.54) is 11.1 Å². The lowest BCUT2D eigenvalue weighted by Crippen LogP contribution is -2.10. The fourth-order valence-electron chi connectivity index (χ4n) is 2.92. The second-order valence-electron chi connectivity index (χ2n) is 5.36. The molecule has 1 aliphatic rings. The van der Waals surface area contributed by atoms with Crippen molar-refractivity contribution in [3.05, 3.63) is 52.7 Å². The molecule has 0 fully saturated rings. The van der Waals surface area contributed by atoms with Gasteiger partial charge >= 0.3 is 5.97 Å². The number of benzene rings is 1. The van der Waals surface area contributed by atoms with Gasteiger partial charge < -0.3 is 4.74 Å². The molecule has 0 spiro atoms. The number of carbonyl (C=O) groups excluding carboxylic acids is 1. The topological polar surface area (TPSA) is 39.2 Å². The summed E-state index contributed by atoms with van der Waals surface area (Å²) in [5.41, 5.74) is 6.04. The number of rotatable bonds is 2. The number of nitrogens with zero attached hydrogens (tertiary/aromatic N) is 1. The zero-order chi connectivity index (χ0) is 14.8. The largest absolute Gasteiger partial charge is 0.462 e. The van der Waals surface area contributed by atoms with Crippen LogP contribution in [-0.2, 0) is 17.6 Å². The van der Waals surface area contributed by atoms with E-state index in [2.05, 4.69) is 18.2 Å². The van der Waals surface area contributed by atoms with Crippen molar-refractivity contribution in [3.63, 3.8) is 0 Å². The predicted octanol–water partition coefficient (Wildman–Crippen LogP) is 3.72. The van der Waals surface area contributed by atoms with E-state index in [4.69, 9.17) is 9.72 Å². The average Bonchev–Trinajstić information content (AvgIpc) is 2.66. The number of ether oxygens (including phenoxy) is 1. The molecular weight excluding hydrogens is 262 g/mol. The van der Waals surface area contributed by atoms with Gasteiger partial charge in [0.05, 0.1) is 23.6 Å². The van der Waals surface area contributed by atoms with Crippen molar-refractivity contribution >= 4 is 5.97 Å². The van der Waals surface area contributed by atoms with Crippen molar-refractivity contribution in [2.45, 2.75) is 33.1 Å². The normalized spacial score (nSPS) is 13.0.